The monoisotopic (exact) mass is 235 g/mol. The molecule has 0 aliphatic carbocycles. The Hall–Kier alpha value is -1.88. The molecule has 2 rings (SSSR count). The Balaban J connectivity index is 2.46. The van der Waals surface area contributed by atoms with Gasteiger partial charge in [-0.25, -0.2) is 9.37 Å². The van der Waals surface area contributed by atoms with Crippen molar-refractivity contribution < 1.29 is 9.13 Å². The molecule has 0 fully saturated rings. The second kappa shape index (κ2) is 4.55. The number of nitrogens with two attached hydrogens (primary N) is 1. The van der Waals surface area contributed by atoms with Gasteiger partial charge in [0.1, 0.15) is 5.82 Å². The van der Waals surface area contributed by atoms with Crippen molar-refractivity contribution in [3.05, 3.63) is 35.9 Å². The topological polar surface area (TPSA) is 53.1 Å². The van der Waals surface area contributed by atoms with Gasteiger partial charge in [-0.1, -0.05) is 0 Å². The largest absolute Gasteiger partial charge is 0.494 e. The second-order valence-corrected chi connectivity index (χ2v) is 3.69. The van der Waals surface area contributed by atoms with Gasteiger partial charge in [0.25, 0.3) is 0 Å². The molecule has 0 aliphatic rings. The summed E-state index contributed by atoms with van der Waals surface area (Å²) in [6, 6.07) is 4.76. The maximum absolute atomic E-state index is 13.6. The lowest BCUT2D eigenvalue weighted by molar-refractivity contribution is 0.386. The maximum Gasteiger partial charge on any atom is 0.165 e. The number of nitrogens with zero attached hydrogens (tertiary/aromatic N) is 2. The highest BCUT2D eigenvalue weighted by molar-refractivity contribution is 5.57. The minimum atomic E-state index is -0.401. The zero-order valence-electron chi connectivity index (χ0n) is 9.77. The van der Waals surface area contributed by atoms with Crippen LogP contribution in [0.2, 0.25) is 0 Å². The van der Waals surface area contributed by atoms with Crippen LogP contribution in [0.15, 0.2) is 24.4 Å². The molecule has 0 radical (unpaired) electrons. The van der Waals surface area contributed by atoms with E-state index in [4.69, 9.17) is 10.5 Å². The van der Waals surface area contributed by atoms with Gasteiger partial charge >= 0.3 is 0 Å². The normalized spacial score (nSPS) is 10.6. The van der Waals surface area contributed by atoms with Crippen LogP contribution in [0.4, 0.5) is 4.39 Å². The number of hydrogen-bond donors (Lipinski definition) is 1. The van der Waals surface area contributed by atoms with Gasteiger partial charge in [0.2, 0.25) is 0 Å². The van der Waals surface area contributed by atoms with Crippen LogP contribution in [-0.2, 0) is 13.6 Å². The molecule has 0 saturated carbocycles. The zero-order valence-corrected chi connectivity index (χ0v) is 9.77. The van der Waals surface area contributed by atoms with Gasteiger partial charge in [-0.3, -0.25) is 0 Å². The van der Waals surface area contributed by atoms with E-state index in [2.05, 4.69) is 4.98 Å². The quantitative estimate of drug-likeness (QED) is 0.880. The molecule has 1 aromatic heterocycles. The van der Waals surface area contributed by atoms with Crippen LogP contribution >= 0.6 is 0 Å². The van der Waals surface area contributed by atoms with E-state index in [9.17, 15) is 4.39 Å². The number of benzene rings is 1. The number of methoxy groups -OCH3 is 1. The standard InChI is InChI=1S/C12H14FN3O/c1-16-9(6-14)7-15-12(16)8-3-4-11(17-2)10(13)5-8/h3-5,7H,6,14H2,1-2H3. The van der Waals surface area contributed by atoms with E-state index in [0.717, 1.165) is 5.69 Å². The summed E-state index contributed by atoms with van der Waals surface area (Å²) in [5, 5.41) is 0. The fraction of sp³-hybridized carbons (Fsp3) is 0.250. The molecule has 0 spiro atoms. The van der Waals surface area contributed by atoms with Crippen LogP contribution in [0.25, 0.3) is 11.4 Å². The first-order valence-electron chi connectivity index (χ1n) is 5.22. The SMILES string of the molecule is COc1ccc(-c2ncc(CN)n2C)cc1F. The molecule has 1 aromatic carbocycles. The van der Waals surface area contributed by atoms with Crippen molar-refractivity contribution in [1.29, 1.82) is 0 Å². The summed E-state index contributed by atoms with van der Waals surface area (Å²) >= 11 is 0. The predicted molar refractivity (Wildman–Crippen MR) is 63.0 cm³/mol. The smallest absolute Gasteiger partial charge is 0.165 e. The second-order valence-electron chi connectivity index (χ2n) is 3.69. The molecule has 4 nitrogen and oxygen atoms in total. The Morgan fingerprint density at radius 2 is 2.24 bits per heavy atom. The number of halogens is 1. The van der Waals surface area contributed by atoms with E-state index in [1.165, 1.54) is 13.2 Å². The first kappa shape index (κ1) is 11.6. The van der Waals surface area contributed by atoms with E-state index >= 15 is 0 Å². The van der Waals surface area contributed by atoms with Gasteiger partial charge in [0.15, 0.2) is 11.6 Å². The van der Waals surface area contributed by atoms with Gasteiger partial charge in [0.05, 0.1) is 19.0 Å². The molecule has 1 heterocycles. The Kier molecular flexibility index (Phi) is 3.10. The lowest BCUT2D eigenvalue weighted by atomic mass is 10.2. The minimum Gasteiger partial charge on any atom is -0.494 e. The van der Waals surface area contributed by atoms with Crippen molar-refractivity contribution in [2.45, 2.75) is 6.54 Å². The minimum absolute atomic E-state index is 0.224. The van der Waals surface area contributed by atoms with E-state index < -0.39 is 5.82 Å². The lowest BCUT2D eigenvalue weighted by Gasteiger charge is -2.06. The molecular weight excluding hydrogens is 221 g/mol. The number of rotatable bonds is 3. The highest BCUT2D eigenvalue weighted by atomic mass is 19.1. The first-order valence-corrected chi connectivity index (χ1v) is 5.22. The van der Waals surface area contributed by atoms with Crippen LogP contribution in [0, 0.1) is 5.82 Å². The average Bonchev–Trinajstić information content (AvgIpc) is 2.70. The van der Waals surface area contributed by atoms with Crippen LogP contribution < -0.4 is 10.5 Å². The van der Waals surface area contributed by atoms with Gasteiger partial charge < -0.3 is 15.0 Å². The molecule has 90 valence electrons. The molecule has 0 unspecified atom stereocenters. The van der Waals surface area contributed by atoms with Crippen molar-refractivity contribution in [2.75, 3.05) is 7.11 Å². The van der Waals surface area contributed by atoms with Crippen molar-refractivity contribution in [3.63, 3.8) is 0 Å². The molecule has 2 N–H and O–H groups in total. The van der Waals surface area contributed by atoms with Crippen molar-refractivity contribution in [2.24, 2.45) is 12.8 Å². The molecule has 2 aromatic rings. The molecule has 0 atom stereocenters. The lowest BCUT2D eigenvalue weighted by Crippen LogP contribution is -2.04. The fourth-order valence-electron chi connectivity index (χ4n) is 1.71. The van der Waals surface area contributed by atoms with Crippen LogP contribution in [0.1, 0.15) is 5.69 Å². The molecule has 0 bridgehead atoms. The first-order chi connectivity index (χ1) is 8.17. The van der Waals surface area contributed by atoms with Crippen LogP contribution in [-0.4, -0.2) is 16.7 Å². The number of imidazole rings is 1. The van der Waals surface area contributed by atoms with Gasteiger partial charge in [-0.2, -0.15) is 0 Å². The zero-order chi connectivity index (χ0) is 12.4. The number of hydrogen-bond acceptors (Lipinski definition) is 3. The molecule has 17 heavy (non-hydrogen) atoms. The van der Waals surface area contributed by atoms with Crippen molar-refractivity contribution in [3.8, 4) is 17.1 Å². The van der Waals surface area contributed by atoms with E-state index in [1.54, 1.807) is 18.3 Å². The summed E-state index contributed by atoms with van der Waals surface area (Å²) in [7, 11) is 3.29. The highest BCUT2D eigenvalue weighted by Crippen LogP contribution is 2.24. The molecule has 0 amide bonds. The van der Waals surface area contributed by atoms with Crippen molar-refractivity contribution in [1.82, 2.24) is 9.55 Å². The summed E-state index contributed by atoms with van der Waals surface area (Å²) in [5.74, 6) is 0.510. The third-order valence-corrected chi connectivity index (χ3v) is 2.70. The number of aromatic nitrogens is 2. The third kappa shape index (κ3) is 2.01. The van der Waals surface area contributed by atoms with Crippen LogP contribution in [0.5, 0.6) is 5.75 Å². The van der Waals surface area contributed by atoms with Gasteiger partial charge in [-0.15, -0.1) is 0 Å². The van der Waals surface area contributed by atoms with Crippen LogP contribution in [0.3, 0.4) is 0 Å². The molecular formula is C12H14FN3O. The third-order valence-electron chi connectivity index (χ3n) is 2.70. The summed E-state index contributed by atoms with van der Waals surface area (Å²) in [5.41, 5.74) is 7.16. The highest BCUT2D eigenvalue weighted by Gasteiger charge is 2.10. The maximum atomic E-state index is 13.6. The Morgan fingerprint density at radius 1 is 1.47 bits per heavy atom. The van der Waals surface area contributed by atoms with E-state index in [1.807, 2.05) is 11.6 Å². The fourth-order valence-corrected chi connectivity index (χ4v) is 1.71. The summed E-state index contributed by atoms with van der Waals surface area (Å²) in [6.07, 6.45) is 1.69. The Bertz CT molecular complexity index is 537. The van der Waals surface area contributed by atoms with Gasteiger partial charge in [0, 0.05) is 19.2 Å². The summed E-state index contributed by atoms with van der Waals surface area (Å²) in [4.78, 5) is 4.23. The molecule has 5 heteroatoms. The van der Waals surface area contributed by atoms with Crippen molar-refractivity contribution >= 4 is 0 Å². The average molecular weight is 235 g/mol. The Morgan fingerprint density at radius 3 is 2.76 bits per heavy atom. The Labute approximate surface area is 98.8 Å². The summed E-state index contributed by atoms with van der Waals surface area (Å²) < 4.78 is 20.3. The molecule has 0 aliphatic heterocycles. The van der Waals surface area contributed by atoms with Gasteiger partial charge in [-0.05, 0) is 18.2 Å². The van der Waals surface area contributed by atoms with E-state index in [0.29, 0.717) is 17.9 Å². The van der Waals surface area contributed by atoms with E-state index in [-0.39, 0.29) is 5.75 Å². The summed E-state index contributed by atoms with van der Waals surface area (Å²) in [6.45, 7) is 0.405. The number of ether oxygens (including phenoxy) is 1. The predicted octanol–water partition coefficient (Wildman–Crippen LogP) is 1.69. The molecule has 0 saturated heterocycles.